The Hall–Kier alpha value is -1.86. The van der Waals surface area contributed by atoms with Crippen LogP contribution >= 0.6 is 11.3 Å². The molecule has 1 amide bonds. The van der Waals surface area contributed by atoms with Gasteiger partial charge in [-0.25, -0.2) is 13.8 Å². The molecule has 2 aromatic rings. The second-order valence-corrected chi connectivity index (χ2v) is 8.68. The molecule has 4 nitrogen and oxygen atoms in total. The van der Waals surface area contributed by atoms with Gasteiger partial charge in [-0.05, 0) is 57.8 Å². The largest absolute Gasteiger partial charge is 0.338 e. The smallest absolute Gasteiger partial charge is 0.265 e. The van der Waals surface area contributed by atoms with E-state index in [1.807, 2.05) is 4.90 Å². The molecule has 4 rings (SSSR count). The van der Waals surface area contributed by atoms with E-state index in [1.54, 1.807) is 6.92 Å². The highest BCUT2D eigenvalue weighted by Crippen LogP contribution is 2.31. The Bertz CT molecular complexity index is 855. The summed E-state index contributed by atoms with van der Waals surface area (Å²) in [5.41, 5.74) is 0.837. The molecule has 7 heteroatoms. The number of aryl methyl sites for hydroxylation is 1. The zero-order valence-corrected chi connectivity index (χ0v) is 16.9. The molecule has 28 heavy (non-hydrogen) atoms. The average Bonchev–Trinajstić information content (AvgIpc) is 3.09. The summed E-state index contributed by atoms with van der Waals surface area (Å²) in [6.07, 6.45) is 5.89. The molecule has 0 atom stereocenters. The molecule has 0 N–H and O–H groups in total. The first kappa shape index (κ1) is 19.5. The van der Waals surface area contributed by atoms with Crippen molar-refractivity contribution in [3.63, 3.8) is 0 Å². The summed E-state index contributed by atoms with van der Waals surface area (Å²) in [4.78, 5) is 22.4. The maximum atomic E-state index is 14.1. The number of hydrogen-bond acceptors (Lipinski definition) is 4. The van der Waals surface area contributed by atoms with E-state index in [-0.39, 0.29) is 11.5 Å². The maximum absolute atomic E-state index is 14.1. The molecule has 2 fully saturated rings. The lowest BCUT2D eigenvalue weighted by molar-refractivity contribution is 0.0593. The van der Waals surface area contributed by atoms with Gasteiger partial charge in [-0.1, -0.05) is 6.42 Å². The van der Waals surface area contributed by atoms with E-state index in [9.17, 15) is 13.6 Å². The zero-order chi connectivity index (χ0) is 19.7. The van der Waals surface area contributed by atoms with Crippen LogP contribution in [0.4, 0.5) is 8.78 Å². The van der Waals surface area contributed by atoms with Crippen molar-refractivity contribution in [3.8, 4) is 10.6 Å². The lowest BCUT2D eigenvalue weighted by Crippen LogP contribution is -2.48. The standard InChI is InChI=1S/C21H25F2N3OS/c1-14-19(28-20(24-14)17-6-5-15(22)13-18(17)23)21(27)26-11-7-16(8-12-26)25-9-3-2-4-10-25/h5-6,13,16H,2-4,7-12H2,1H3. The third kappa shape index (κ3) is 3.96. The molecule has 2 aliphatic heterocycles. The highest BCUT2D eigenvalue weighted by atomic mass is 32.1. The first-order valence-electron chi connectivity index (χ1n) is 9.99. The van der Waals surface area contributed by atoms with Crippen LogP contribution < -0.4 is 0 Å². The SMILES string of the molecule is Cc1nc(-c2ccc(F)cc2F)sc1C(=O)N1CCC(N2CCCCC2)CC1. The second kappa shape index (κ2) is 8.25. The number of benzene rings is 1. The van der Waals surface area contributed by atoms with E-state index in [0.29, 0.717) is 21.6 Å². The maximum Gasteiger partial charge on any atom is 0.265 e. The van der Waals surface area contributed by atoms with Gasteiger partial charge in [0.05, 0.1) is 5.69 Å². The molecule has 0 bridgehead atoms. The Balaban J connectivity index is 1.45. The number of likely N-dealkylation sites (tertiary alicyclic amines) is 2. The molecule has 2 aliphatic rings. The molecule has 2 saturated heterocycles. The molecule has 150 valence electrons. The summed E-state index contributed by atoms with van der Waals surface area (Å²) in [6, 6.07) is 4.01. The summed E-state index contributed by atoms with van der Waals surface area (Å²) in [5.74, 6) is -1.31. The summed E-state index contributed by atoms with van der Waals surface area (Å²) in [7, 11) is 0. The van der Waals surface area contributed by atoms with E-state index >= 15 is 0 Å². The lowest BCUT2D eigenvalue weighted by Gasteiger charge is -2.40. The minimum Gasteiger partial charge on any atom is -0.338 e. The third-order valence-corrected chi connectivity index (χ3v) is 6.99. The van der Waals surface area contributed by atoms with Gasteiger partial charge in [0, 0.05) is 30.8 Å². The Morgan fingerprint density at radius 1 is 1.11 bits per heavy atom. The van der Waals surface area contributed by atoms with Crippen LogP contribution in [0.15, 0.2) is 18.2 Å². The minimum absolute atomic E-state index is 0.0270. The van der Waals surface area contributed by atoms with Gasteiger partial charge in [-0.15, -0.1) is 11.3 Å². The van der Waals surface area contributed by atoms with Crippen LogP contribution in [0.2, 0.25) is 0 Å². The van der Waals surface area contributed by atoms with Crippen molar-refractivity contribution in [1.29, 1.82) is 0 Å². The van der Waals surface area contributed by atoms with Gasteiger partial charge >= 0.3 is 0 Å². The minimum atomic E-state index is -0.657. The van der Waals surface area contributed by atoms with E-state index < -0.39 is 11.6 Å². The monoisotopic (exact) mass is 405 g/mol. The summed E-state index contributed by atoms with van der Waals surface area (Å²) < 4.78 is 27.2. The van der Waals surface area contributed by atoms with Crippen LogP contribution in [0.25, 0.3) is 10.6 Å². The summed E-state index contributed by atoms with van der Waals surface area (Å²) >= 11 is 1.19. The lowest BCUT2D eigenvalue weighted by atomic mass is 10.00. The van der Waals surface area contributed by atoms with Crippen molar-refractivity contribution in [2.24, 2.45) is 0 Å². The van der Waals surface area contributed by atoms with Crippen LogP contribution in [0, 0.1) is 18.6 Å². The third-order valence-electron chi connectivity index (χ3n) is 5.81. The Morgan fingerprint density at radius 2 is 1.82 bits per heavy atom. The van der Waals surface area contributed by atoms with Crippen LogP contribution in [0.5, 0.6) is 0 Å². The number of amides is 1. The van der Waals surface area contributed by atoms with Gasteiger partial charge in [-0.3, -0.25) is 4.79 Å². The fourth-order valence-corrected chi connectivity index (χ4v) is 5.30. The Morgan fingerprint density at radius 3 is 2.50 bits per heavy atom. The number of thiazole rings is 1. The fraction of sp³-hybridized carbons (Fsp3) is 0.524. The van der Waals surface area contributed by atoms with Crippen molar-refractivity contribution >= 4 is 17.2 Å². The van der Waals surface area contributed by atoms with E-state index in [0.717, 1.165) is 32.0 Å². The van der Waals surface area contributed by atoms with Gasteiger partial charge in [0.2, 0.25) is 0 Å². The molecule has 0 saturated carbocycles. The number of hydrogen-bond donors (Lipinski definition) is 0. The van der Waals surface area contributed by atoms with Gasteiger partial charge in [0.25, 0.3) is 5.91 Å². The van der Waals surface area contributed by atoms with Crippen molar-refractivity contribution in [1.82, 2.24) is 14.8 Å². The van der Waals surface area contributed by atoms with E-state index in [4.69, 9.17) is 0 Å². The van der Waals surface area contributed by atoms with Crippen LogP contribution in [0.3, 0.4) is 0 Å². The molecule has 1 aromatic heterocycles. The number of carbonyl (C=O) groups is 1. The number of aromatic nitrogens is 1. The van der Waals surface area contributed by atoms with Crippen LogP contribution in [-0.2, 0) is 0 Å². The highest BCUT2D eigenvalue weighted by molar-refractivity contribution is 7.17. The molecule has 0 spiro atoms. The average molecular weight is 406 g/mol. The predicted octanol–water partition coefficient (Wildman–Crippen LogP) is 4.49. The number of nitrogens with zero attached hydrogens (tertiary/aromatic N) is 3. The second-order valence-electron chi connectivity index (χ2n) is 7.68. The first-order chi connectivity index (χ1) is 13.5. The van der Waals surface area contributed by atoms with Gasteiger partial charge in [-0.2, -0.15) is 0 Å². The van der Waals surface area contributed by atoms with E-state index in [1.165, 1.54) is 55.8 Å². The predicted molar refractivity (Wildman–Crippen MR) is 107 cm³/mol. The fourth-order valence-electron chi connectivity index (χ4n) is 4.23. The molecule has 0 radical (unpaired) electrons. The molecule has 3 heterocycles. The number of carbonyl (C=O) groups excluding carboxylic acids is 1. The molecular weight excluding hydrogens is 380 g/mol. The normalized spacial score (nSPS) is 19.2. The topological polar surface area (TPSA) is 36.4 Å². The van der Waals surface area contributed by atoms with Gasteiger partial charge < -0.3 is 9.80 Å². The highest BCUT2D eigenvalue weighted by Gasteiger charge is 2.30. The Labute approximate surface area is 168 Å². The molecule has 0 unspecified atom stereocenters. The first-order valence-corrected chi connectivity index (χ1v) is 10.8. The van der Waals surface area contributed by atoms with Crippen molar-refractivity contribution in [3.05, 3.63) is 40.4 Å². The number of halogens is 2. The van der Waals surface area contributed by atoms with Gasteiger partial charge in [0.15, 0.2) is 0 Å². The molecule has 1 aromatic carbocycles. The Kier molecular flexibility index (Phi) is 5.73. The summed E-state index contributed by atoms with van der Waals surface area (Å²) in [5, 5.41) is 0.418. The van der Waals surface area contributed by atoms with E-state index in [2.05, 4.69) is 9.88 Å². The number of piperidine rings is 2. The van der Waals surface area contributed by atoms with Crippen molar-refractivity contribution in [2.45, 2.75) is 45.1 Å². The number of rotatable bonds is 3. The van der Waals surface area contributed by atoms with Gasteiger partial charge in [0.1, 0.15) is 21.5 Å². The van der Waals surface area contributed by atoms with Crippen molar-refractivity contribution < 1.29 is 13.6 Å². The quantitative estimate of drug-likeness (QED) is 0.755. The molecule has 0 aliphatic carbocycles. The molecular formula is C21H25F2N3OS. The zero-order valence-electron chi connectivity index (χ0n) is 16.1. The van der Waals surface area contributed by atoms with Crippen molar-refractivity contribution in [2.75, 3.05) is 26.2 Å². The van der Waals surface area contributed by atoms with Crippen LogP contribution in [-0.4, -0.2) is 52.9 Å². The van der Waals surface area contributed by atoms with Crippen LogP contribution in [0.1, 0.15) is 47.5 Å². The summed E-state index contributed by atoms with van der Waals surface area (Å²) in [6.45, 7) is 5.63.